The van der Waals surface area contributed by atoms with Crippen molar-refractivity contribution in [1.29, 1.82) is 0 Å². The number of phenolic OH excluding ortho intramolecular Hbond substituents is 1. The van der Waals surface area contributed by atoms with E-state index < -0.39 is 0 Å². The molecule has 0 aliphatic carbocycles. The predicted molar refractivity (Wildman–Crippen MR) is 261 cm³/mol. The average molecular weight is 1010 g/mol. The third-order valence-corrected chi connectivity index (χ3v) is 12.1. The van der Waals surface area contributed by atoms with Crippen LogP contribution in [0.2, 0.25) is 0 Å². The molecule has 2 aromatic heterocycles. The van der Waals surface area contributed by atoms with Crippen molar-refractivity contribution in [3.05, 3.63) is 168 Å². The van der Waals surface area contributed by atoms with Gasteiger partial charge < -0.3 is 5.11 Å². The molecule has 0 fully saturated rings. The monoisotopic (exact) mass is 1010 g/mol. The second-order valence-corrected chi connectivity index (χ2v) is 21.0. The smallest absolute Gasteiger partial charge is 0.148 e. The molecule has 2 heterocycles. The minimum absolute atomic E-state index is 0. The molecule has 324 valence electrons. The van der Waals surface area contributed by atoms with E-state index in [4.69, 9.17) is 9.97 Å². The molecule has 0 saturated heterocycles. The number of hydrogen-bond acceptors (Lipinski definition) is 3. The first-order chi connectivity index (χ1) is 29.2. The Labute approximate surface area is 389 Å². The summed E-state index contributed by atoms with van der Waals surface area (Å²) < 4.78 is 2.26. The molecule has 0 saturated carbocycles. The van der Waals surface area contributed by atoms with Gasteiger partial charge in [0.25, 0.3) is 0 Å². The second kappa shape index (κ2) is 16.9. The van der Waals surface area contributed by atoms with E-state index in [0.29, 0.717) is 11.4 Å². The van der Waals surface area contributed by atoms with Crippen LogP contribution in [0.25, 0.3) is 72.7 Å². The van der Waals surface area contributed by atoms with Crippen LogP contribution in [-0.4, -0.2) is 19.6 Å². The third-order valence-electron chi connectivity index (χ3n) is 12.1. The van der Waals surface area contributed by atoms with Crippen molar-refractivity contribution < 1.29 is 26.2 Å². The number of aromatic hydroxyl groups is 1. The molecule has 4 nitrogen and oxygen atoms in total. The number of rotatable bonds is 6. The van der Waals surface area contributed by atoms with Crippen LogP contribution in [0.3, 0.4) is 0 Å². The van der Waals surface area contributed by atoms with Gasteiger partial charge in [-0.3, -0.25) is 9.55 Å². The minimum atomic E-state index is -0.320. The van der Waals surface area contributed by atoms with Crippen molar-refractivity contribution >= 4 is 11.0 Å². The van der Waals surface area contributed by atoms with E-state index in [-0.39, 0.29) is 48.5 Å². The first-order valence-corrected chi connectivity index (χ1v) is 21.9. The molecule has 0 unspecified atom stereocenters. The van der Waals surface area contributed by atoms with Crippen LogP contribution < -0.4 is 0 Å². The molecule has 0 spiro atoms. The fourth-order valence-electron chi connectivity index (χ4n) is 8.29. The van der Waals surface area contributed by atoms with Gasteiger partial charge in [-0.1, -0.05) is 191 Å². The summed E-state index contributed by atoms with van der Waals surface area (Å²) in [4.78, 5) is 10.5. The summed E-state index contributed by atoms with van der Waals surface area (Å²) in [7, 11) is 0. The Morgan fingerprint density at radius 2 is 1.10 bits per heavy atom. The van der Waals surface area contributed by atoms with Crippen LogP contribution in [0, 0.1) is 6.07 Å². The van der Waals surface area contributed by atoms with Crippen molar-refractivity contribution in [3.8, 4) is 67.5 Å². The average Bonchev–Trinajstić information content (AvgIpc) is 3.62. The number of imidazole rings is 1. The number of aromatic nitrogens is 3. The number of phenols is 1. The van der Waals surface area contributed by atoms with Crippen LogP contribution in [-0.2, 0) is 42.7 Å². The first-order valence-electron chi connectivity index (χ1n) is 21.9. The van der Waals surface area contributed by atoms with Gasteiger partial charge in [0.15, 0.2) is 0 Å². The normalized spacial score (nSPS) is 12.4. The molecular weight excluding hydrogens is 950 g/mol. The molecule has 1 N–H and O–H groups in total. The zero-order valence-corrected chi connectivity index (χ0v) is 41.2. The van der Waals surface area contributed by atoms with Crippen molar-refractivity contribution in [2.75, 3.05) is 0 Å². The largest absolute Gasteiger partial charge is 0.507 e. The number of hydrogen-bond donors (Lipinski definition) is 1. The molecule has 5 heteroatoms. The minimum Gasteiger partial charge on any atom is -0.507 e. The molecule has 0 aliphatic rings. The Balaban J connectivity index is 0.00000595. The van der Waals surface area contributed by atoms with E-state index in [9.17, 15) is 5.11 Å². The molecule has 6 aromatic carbocycles. The molecule has 0 aliphatic heterocycles. The summed E-state index contributed by atoms with van der Waals surface area (Å²) in [6.45, 7) is 26.7. The third kappa shape index (κ3) is 9.11. The van der Waals surface area contributed by atoms with E-state index in [1.807, 2.05) is 12.3 Å². The summed E-state index contributed by atoms with van der Waals surface area (Å²) in [6, 6.07) is 51.3. The SMILES string of the molecule is CC(C)(C)c1ccc(-c2ccccc2-n2c(-c3cc(C(C)(C)C)cc(C(C)(C)C)c3O)nc3c(-c4[c-]c(-c5cc(-c6ccccc6)ccn5)cc(C(C)(C)C)c4)cccc32)cc1.[Pt]. The zero-order valence-electron chi connectivity index (χ0n) is 38.9. The predicted octanol–water partition coefficient (Wildman–Crippen LogP) is 15.4. The maximum absolute atomic E-state index is 12.5. The molecule has 0 atom stereocenters. The zero-order chi connectivity index (χ0) is 44.4. The number of pyridine rings is 1. The van der Waals surface area contributed by atoms with E-state index in [1.165, 1.54) is 11.1 Å². The maximum atomic E-state index is 12.5. The summed E-state index contributed by atoms with van der Waals surface area (Å²) >= 11 is 0. The Morgan fingerprint density at radius 3 is 1.75 bits per heavy atom. The van der Waals surface area contributed by atoms with Gasteiger partial charge in [-0.2, -0.15) is 0 Å². The Hall–Kier alpha value is -5.57. The van der Waals surface area contributed by atoms with Crippen LogP contribution >= 0.6 is 0 Å². The Kier molecular flexibility index (Phi) is 12.2. The number of para-hydroxylation sites is 2. The topological polar surface area (TPSA) is 50.9 Å². The fourth-order valence-corrected chi connectivity index (χ4v) is 8.29. The van der Waals surface area contributed by atoms with Crippen molar-refractivity contribution in [1.82, 2.24) is 14.5 Å². The van der Waals surface area contributed by atoms with E-state index in [2.05, 4.69) is 221 Å². The van der Waals surface area contributed by atoms with Gasteiger partial charge in [-0.25, -0.2) is 4.98 Å². The van der Waals surface area contributed by atoms with E-state index in [1.54, 1.807) is 0 Å². The van der Waals surface area contributed by atoms with Gasteiger partial charge in [0.1, 0.15) is 11.6 Å². The van der Waals surface area contributed by atoms with E-state index >= 15 is 0 Å². The Morgan fingerprint density at radius 1 is 0.492 bits per heavy atom. The van der Waals surface area contributed by atoms with Gasteiger partial charge in [-0.15, -0.1) is 29.3 Å². The fraction of sp³-hybridized carbons (Fsp3) is 0.276. The van der Waals surface area contributed by atoms with Gasteiger partial charge in [0.2, 0.25) is 0 Å². The van der Waals surface area contributed by atoms with Crippen molar-refractivity contribution in [2.24, 2.45) is 0 Å². The Bertz CT molecular complexity index is 2930. The van der Waals surface area contributed by atoms with Crippen LogP contribution in [0.1, 0.15) is 105 Å². The second-order valence-electron chi connectivity index (χ2n) is 21.0. The standard InChI is InChI=1S/C58H60N3O.Pt/c1-55(2,3)42-27-25-38(26-28-42)45-21-16-17-23-50(45)61-51-24-18-22-46(52(51)60-54(61)47-35-44(57(7,8)9)36-48(53(47)62)58(10,11)12)40-31-41(33-43(32-40)56(4,5)6)49-34-39(29-30-59-49)37-19-14-13-15-20-37;/h13-30,32-36,62H,1-12H3;/q-1;. The number of fused-ring (bicyclic) bond motifs is 1. The molecule has 8 rings (SSSR count). The van der Waals surface area contributed by atoms with Crippen LogP contribution in [0.15, 0.2) is 140 Å². The molecule has 8 aromatic rings. The van der Waals surface area contributed by atoms with Gasteiger partial charge >= 0.3 is 0 Å². The van der Waals surface area contributed by atoms with Gasteiger partial charge in [-0.05, 0) is 73.7 Å². The molecule has 0 amide bonds. The van der Waals surface area contributed by atoms with Gasteiger partial charge in [0, 0.05) is 44.1 Å². The maximum Gasteiger partial charge on any atom is 0.148 e. The van der Waals surface area contributed by atoms with Crippen molar-refractivity contribution in [3.63, 3.8) is 0 Å². The summed E-state index contributed by atoms with van der Waals surface area (Å²) in [5.74, 6) is 0.938. The van der Waals surface area contributed by atoms with Crippen LogP contribution in [0.5, 0.6) is 5.75 Å². The van der Waals surface area contributed by atoms with Crippen molar-refractivity contribution in [2.45, 2.75) is 105 Å². The summed E-state index contributed by atoms with van der Waals surface area (Å²) in [6.07, 6.45) is 1.89. The van der Waals surface area contributed by atoms with E-state index in [0.717, 1.165) is 72.5 Å². The molecular formula is C58H60N3OPt-. The first kappa shape index (κ1) is 45.5. The quantitative estimate of drug-likeness (QED) is 0.169. The van der Waals surface area contributed by atoms with Gasteiger partial charge in [0.05, 0.1) is 22.3 Å². The van der Waals surface area contributed by atoms with Crippen LogP contribution in [0.4, 0.5) is 0 Å². The summed E-state index contributed by atoms with van der Waals surface area (Å²) in [5, 5.41) is 12.5. The molecule has 0 bridgehead atoms. The summed E-state index contributed by atoms with van der Waals surface area (Å²) in [5.41, 5.74) is 15.5. The molecule has 63 heavy (non-hydrogen) atoms. The number of nitrogens with zero attached hydrogens (tertiary/aromatic N) is 3. The molecule has 0 radical (unpaired) electrons. The number of benzene rings is 6.